The fourth-order valence-corrected chi connectivity index (χ4v) is 3.15. The highest BCUT2D eigenvalue weighted by molar-refractivity contribution is 5.96. The number of methoxy groups -OCH3 is 1. The van der Waals surface area contributed by atoms with E-state index in [-0.39, 0.29) is 11.8 Å². The summed E-state index contributed by atoms with van der Waals surface area (Å²) < 4.78 is 10.7. The van der Waals surface area contributed by atoms with Crippen LogP contribution in [0.25, 0.3) is 0 Å². The van der Waals surface area contributed by atoms with Crippen LogP contribution in [0.5, 0.6) is 11.5 Å². The Morgan fingerprint density at radius 2 is 1.52 bits per heavy atom. The van der Waals surface area contributed by atoms with E-state index >= 15 is 0 Å². The van der Waals surface area contributed by atoms with Crippen molar-refractivity contribution >= 4 is 11.5 Å². The van der Waals surface area contributed by atoms with E-state index in [1.165, 1.54) is 5.56 Å². The van der Waals surface area contributed by atoms with Crippen LogP contribution < -0.4 is 14.8 Å². The Hall–Kier alpha value is -3.27. The molecule has 0 aliphatic carbocycles. The lowest BCUT2D eigenvalue weighted by Gasteiger charge is -2.21. The Morgan fingerprint density at radius 1 is 0.897 bits per heavy atom. The first-order valence-electron chi connectivity index (χ1n) is 9.82. The summed E-state index contributed by atoms with van der Waals surface area (Å²) in [6, 6.07) is 23.2. The summed E-state index contributed by atoms with van der Waals surface area (Å²) >= 11 is 0. The van der Waals surface area contributed by atoms with E-state index in [4.69, 9.17) is 9.47 Å². The predicted octanol–water partition coefficient (Wildman–Crippen LogP) is 5.83. The average molecular weight is 389 g/mol. The fraction of sp³-hybridized carbons (Fsp3) is 0.240. The van der Waals surface area contributed by atoms with Crippen LogP contribution in [0.15, 0.2) is 72.8 Å². The number of benzene rings is 3. The van der Waals surface area contributed by atoms with Crippen LogP contribution in [0.1, 0.15) is 40.9 Å². The molecule has 3 aromatic carbocycles. The van der Waals surface area contributed by atoms with Gasteiger partial charge in [0.05, 0.1) is 19.8 Å². The second-order valence-electron chi connectivity index (χ2n) is 6.92. The number of rotatable bonds is 9. The number of hydrogen-bond donors (Lipinski definition) is 1. The third-order valence-corrected chi connectivity index (χ3v) is 4.79. The minimum absolute atomic E-state index is 0.0751. The highest BCUT2D eigenvalue weighted by atomic mass is 16.5. The van der Waals surface area contributed by atoms with Crippen molar-refractivity contribution in [2.75, 3.05) is 19.0 Å². The summed E-state index contributed by atoms with van der Waals surface area (Å²) in [5, 5.41) is 3.51. The minimum Gasteiger partial charge on any atom is -0.497 e. The molecule has 1 atom stereocenters. The number of carbonyl (C=O) groups excluding carboxylic acids is 1. The Balaban J connectivity index is 1.82. The number of anilines is 1. The van der Waals surface area contributed by atoms with Crippen LogP contribution in [-0.2, 0) is 0 Å². The third-order valence-electron chi connectivity index (χ3n) is 4.79. The molecule has 3 rings (SSSR count). The van der Waals surface area contributed by atoms with Gasteiger partial charge in [0, 0.05) is 17.7 Å². The topological polar surface area (TPSA) is 47.6 Å². The number of nitrogens with one attached hydrogen (secondary N) is 1. The van der Waals surface area contributed by atoms with Gasteiger partial charge in [-0.25, -0.2) is 0 Å². The molecule has 0 aliphatic heterocycles. The van der Waals surface area contributed by atoms with Crippen molar-refractivity contribution in [3.8, 4) is 11.5 Å². The molecule has 1 N–H and O–H groups in total. The van der Waals surface area contributed by atoms with Crippen LogP contribution >= 0.6 is 0 Å². The highest BCUT2D eigenvalue weighted by Gasteiger charge is 2.18. The Morgan fingerprint density at radius 3 is 2.10 bits per heavy atom. The van der Waals surface area contributed by atoms with Crippen molar-refractivity contribution in [2.45, 2.75) is 26.3 Å². The maximum Gasteiger partial charge on any atom is 0.165 e. The van der Waals surface area contributed by atoms with E-state index in [1.54, 1.807) is 7.11 Å². The lowest BCUT2D eigenvalue weighted by atomic mass is 9.97. The van der Waals surface area contributed by atoms with Crippen molar-refractivity contribution in [3.05, 3.63) is 89.5 Å². The normalized spacial score (nSPS) is 11.6. The monoisotopic (exact) mass is 389 g/mol. The zero-order valence-corrected chi connectivity index (χ0v) is 17.1. The molecule has 0 fully saturated rings. The van der Waals surface area contributed by atoms with Gasteiger partial charge in [0.25, 0.3) is 0 Å². The first kappa shape index (κ1) is 20.5. The molecule has 4 nitrogen and oxygen atoms in total. The lowest BCUT2D eigenvalue weighted by molar-refractivity contribution is 0.0976. The zero-order valence-electron chi connectivity index (χ0n) is 17.1. The predicted molar refractivity (Wildman–Crippen MR) is 117 cm³/mol. The molecular formula is C25H27NO3. The summed E-state index contributed by atoms with van der Waals surface area (Å²) in [5.41, 5.74) is 3.89. The van der Waals surface area contributed by atoms with Gasteiger partial charge >= 0.3 is 0 Å². The van der Waals surface area contributed by atoms with E-state index in [9.17, 15) is 4.79 Å². The van der Waals surface area contributed by atoms with Crippen molar-refractivity contribution < 1.29 is 14.3 Å². The number of aryl methyl sites for hydroxylation is 1. The van der Waals surface area contributed by atoms with E-state index in [2.05, 4.69) is 24.4 Å². The molecule has 4 heteroatoms. The second kappa shape index (κ2) is 9.78. The van der Waals surface area contributed by atoms with Gasteiger partial charge in [-0.1, -0.05) is 29.8 Å². The summed E-state index contributed by atoms with van der Waals surface area (Å²) in [6.07, 6.45) is 0.341. The summed E-state index contributed by atoms with van der Waals surface area (Å²) in [5.74, 6) is 1.64. The van der Waals surface area contributed by atoms with E-state index in [0.717, 1.165) is 22.7 Å². The summed E-state index contributed by atoms with van der Waals surface area (Å²) in [6.45, 7) is 4.64. The van der Waals surface area contributed by atoms with Crippen molar-refractivity contribution in [1.29, 1.82) is 0 Å². The lowest BCUT2D eigenvalue weighted by Crippen LogP contribution is -2.16. The molecule has 0 aliphatic rings. The Labute approximate surface area is 172 Å². The average Bonchev–Trinajstić information content (AvgIpc) is 2.75. The standard InChI is InChI=1S/C25H27NO3/c1-4-29-23-15-7-19(8-16-23)24(26-21-11-5-18(2)6-12-21)17-25(27)20-9-13-22(28-3)14-10-20/h5-16,24,26H,4,17H2,1-3H3. The van der Waals surface area contributed by atoms with Gasteiger partial charge < -0.3 is 14.8 Å². The molecule has 150 valence electrons. The van der Waals surface area contributed by atoms with Crippen molar-refractivity contribution in [3.63, 3.8) is 0 Å². The molecule has 0 saturated heterocycles. The molecule has 0 heterocycles. The van der Waals surface area contributed by atoms with Crippen LogP contribution in [0.2, 0.25) is 0 Å². The molecule has 0 radical (unpaired) electrons. The third kappa shape index (κ3) is 5.61. The van der Waals surface area contributed by atoms with Gasteiger partial charge in [-0.2, -0.15) is 0 Å². The highest BCUT2D eigenvalue weighted by Crippen LogP contribution is 2.27. The fourth-order valence-electron chi connectivity index (χ4n) is 3.15. The molecule has 0 amide bonds. The number of hydrogen-bond acceptors (Lipinski definition) is 4. The van der Waals surface area contributed by atoms with Crippen LogP contribution in [0.3, 0.4) is 0 Å². The molecular weight excluding hydrogens is 362 g/mol. The quantitative estimate of drug-likeness (QED) is 0.468. The molecule has 0 aromatic heterocycles. The maximum absolute atomic E-state index is 12.9. The van der Waals surface area contributed by atoms with Gasteiger partial charge in [0.1, 0.15) is 11.5 Å². The summed E-state index contributed by atoms with van der Waals surface area (Å²) in [4.78, 5) is 12.9. The number of Topliss-reactive ketones (excluding diaryl/α,β-unsaturated/α-hetero) is 1. The molecule has 29 heavy (non-hydrogen) atoms. The largest absolute Gasteiger partial charge is 0.497 e. The van der Waals surface area contributed by atoms with E-state index in [1.807, 2.05) is 67.6 Å². The van der Waals surface area contributed by atoms with Crippen LogP contribution in [0.4, 0.5) is 5.69 Å². The molecule has 3 aromatic rings. The SMILES string of the molecule is CCOc1ccc(C(CC(=O)c2ccc(OC)cc2)Nc2ccc(C)cc2)cc1. The second-order valence-corrected chi connectivity index (χ2v) is 6.92. The van der Waals surface area contributed by atoms with Gasteiger partial charge in [-0.3, -0.25) is 4.79 Å². The van der Waals surface area contributed by atoms with Gasteiger partial charge in [-0.15, -0.1) is 0 Å². The summed E-state index contributed by atoms with van der Waals surface area (Å²) in [7, 11) is 1.62. The van der Waals surface area contributed by atoms with E-state index < -0.39 is 0 Å². The maximum atomic E-state index is 12.9. The molecule has 0 bridgehead atoms. The van der Waals surface area contributed by atoms with Crippen molar-refractivity contribution in [1.82, 2.24) is 0 Å². The Kier molecular flexibility index (Phi) is 6.90. The zero-order chi connectivity index (χ0) is 20.6. The minimum atomic E-state index is -0.150. The number of ketones is 1. The van der Waals surface area contributed by atoms with Crippen molar-refractivity contribution in [2.24, 2.45) is 0 Å². The van der Waals surface area contributed by atoms with Gasteiger partial charge in [-0.05, 0) is 67.9 Å². The van der Waals surface area contributed by atoms with Crippen LogP contribution in [0, 0.1) is 6.92 Å². The smallest absolute Gasteiger partial charge is 0.165 e. The van der Waals surface area contributed by atoms with Gasteiger partial charge in [0.2, 0.25) is 0 Å². The first-order valence-corrected chi connectivity index (χ1v) is 9.82. The van der Waals surface area contributed by atoms with Crippen LogP contribution in [-0.4, -0.2) is 19.5 Å². The first-order chi connectivity index (χ1) is 14.1. The number of ether oxygens (including phenoxy) is 2. The van der Waals surface area contributed by atoms with E-state index in [0.29, 0.717) is 18.6 Å². The Bertz CT molecular complexity index is 916. The number of carbonyl (C=O) groups is 1. The molecule has 0 saturated carbocycles. The molecule has 1 unspecified atom stereocenters. The molecule has 0 spiro atoms. The van der Waals surface area contributed by atoms with Gasteiger partial charge in [0.15, 0.2) is 5.78 Å².